The maximum Gasteiger partial charge on any atom is 0.259 e. The summed E-state index contributed by atoms with van der Waals surface area (Å²) in [6, 6.07) is 8.02. The third-order valence-electron chi connectivity index (χ3n) is 4.93. The molecule has 1 aliphatic heterocycles. The van der Waals surface area contributed by atoms with Crippen molar-refractivity contribution in [3.8, 4) is 0 Å². The van der Waals surface area contributed by atoms with Crippen LogP contribution >= 0.6 is 0 Å². The summed E-state index contributed by atoms with van der Waals surface area (Å²) in [5.41, 5.74) is 2.22. The summed E-state index contributed by atoms with van der Waals surface area (Å²) in [7, 11) is 0. The second-order valence-corrected chi connectivity index (χ2v) is 7.27. The van der Waals surface area contributed by atoms with Crippen molar-refractivity contribution in [2.75, 3.05) is 11.9 Å². The highest BCUT2D eigenvalue weighted by molar-refractivity contribution is 6.04. The number of hydrogen-bond donors (Lipinski definition) is 4. The van der Waals surface area contributed by atoms with Crippen LogP contribution in [0, 0.1) is 5.82 Å². The number of amides is 1. The van der Waals surface area contributed by atoms with Crippen LogP contribution in [0.2, 0.25) is 0 Å². The predicted octanol–water partition coefficient (Wildman–Crippen LogP) is 1.88. The molecule has 0 saturated carbocycles. The molecule has 0 bridgehead atoms. The Morgan fingerprint density at radius 1 is 1.41 bits per heavy atom. The van der Waals surface area contributed by atoms with E-state index in [1.54, 1.807) is 24.3 Å². The van der Waals surface area contributed by atoms with Crippen LogP contribution in [0.15, 0.2) is 35.4 Å². The lowest BCUT2D eigenvalue weighted by Gasteiger charge is -2.24. The molecule has 0 fully saturated rings. The van der Waals surface area contributed by atoms with Gasteiger partial charge in [-0.2, -0.15) is 5.10 Å². The molecule has 0 aliphatic carbocycles. The standard InChI is InChI=1S/C20H26FN7O/c1-11(2)28(23)19(27-22)17-5-4-6-18(25-17)26-20(29)15-10-14-12(3)24-8-7-13(14)9-16(15)21/h4-6,9-12,24H,7-8,22-23H2,1-3H3,(H,25,26,29)/b27-19-. The van der Waals surface area contributed by atoms with E-state index in [1.165, 1.54) is 11.1 Å². The van der Waals surface area contributed by atoms with Crippen LogP contribution in [0.25, 0.3) is 0 Å². The molecule has 0 saturated heterocycles. The maximum absolute atomic E-state index is 14.6. The number of hydrogen-bond acceptors (Lipinski definition) is 6. The second kappa shape index (κ2) is 8.54. The first-order valence-corrected chi connectivity index (χ1v) is 9.48. The lowest BCUT2D eigenvalue weighted by molar-refractivity contribution is 0.102. The average Bonchev–Trinajstić information content (AvgIpc) is 2.68. The first kappa shape index (κ1) is 20.7. The summed E-state index contributed by atoms with van der Waals surface area (Å²) < 4.78 is 14.6. The number of hydrazone groups is 1. The molecule has 2 heterocycles. The first-order valence-electron chi connectivity index (χ1n) is 9.48. The molecule has 3 rings (SSSR count). The number of carbonyl (C=O) groups excluding carboxylic acids is 1. The molecule has 1 amide bonds. The molecule has 1 aromatic carbocycles. The number of halogens is 1. The summed E-state index contributed by atoms with van der Waals surface area (Å²) >= 11 is 0. The summed E-state index contributed by atoms with van der Waals surface area (Å²) in [5, 5.41) is 11.0. The SMILES string of the molecule is CC1NCCc2cc(F)c(C(=O)Nc3cccc(/C(=N/N)N(N)C(C)C)n3)cc21. The molecule has 9 heteroatoms. The average molecular weight is 399 g/mol. The Morgan fingerprint density at radius 3 is 2.86 bits per heavy atom. The van der Waals surface area contributed by atoms with E-state index in [2.05, 4.69) is 20.7 Å². The number of anilines is 1. The number of aromatic nitrogens is 1. The normalized spacial score (nSPS) is 16.5. The highest BCUT2D eigenvalue weighted by Crippen LogP contribution is 2.26. The monoisotopic (exact) mass is 399 g/mol. The fraction of sp³-hybridized carbons (Fsp3) is 0.350. The number of carbonyl (C=O) groups is 1. The Balaban J connectivity index is 1.86. The van der Waals surface area contributed by atoms with Crippen LogP contribution in [0.5, 0.6) is 0 Å². The lowest BCUT2D eigenvalue weighted by atomic mass is 9.93. The van der Waals surface area contributed by atoms with Gasteiger partial charge in [0.05, 0.1) is 5.56 Å². The number of benzene rings is 1. The van der Waals surface area contributed by atoms with Crippen LogP contribution in [0.3, 0.4) is 0 Å². The van der Waals surface area contributed by atoms with Gasteiger partial charge in [0.25, 0.3) is 5.91 Å². The summed E-state index contributed by atoms with van der Waals surface area (Å²) in [5.74, 6) is 10.8. The zero-order valence-corrected chi connectivity index (χ0v) is 16.7. The number of rotatable bonds is 4. The van der Waals surface area contributed by atoms with Gasteiger partial charge >= 0.3 is 0 Å². The van der Waals surface area contributed by atoms with E-state index in [4.69, 9.17) is 11.7 Å². The van der Waals surface area contributed by atoms with Crippen LogP contribution in [-0.4, -0.2) is 34.3 Å². The smallest absolute Gasteiger partial charge is 0.259 e. The third kappa shape index (κ3) is 4.36. The van der Waals surface area contributed by atoms with Crippen molar-refractivity contribution in [1.29, 1.82) is 0 Å². The quantitative estimate of drug-likeness (QED) is 0.270. The van der Waals surface area contributed by atoms with Crippen molar-refractivity contribution in [1.82, 2.24) is 15.3 Å². The van der Waals surface area contributed by atoms with Gasteiger partial charge in [0, 0.05) is 12.1 Å². The molecule has 1 aromatic heterocycles. The number of pyridine rings is 1. The fourth-order valence-corrected chi connectivity index (χ4v) is 3.28. The molecule has 1 atom stereocenters. The fourth-order valence-electron chi connectivity index (χ4n) is 3.28. The molecule has 1 unspecified atom stereocenters. The number of amidine groups is 1. The van der Waals surface area contributed by atoms with Crippen LogP contribution in [-0.2, 0) is 6.42 Å². The minimum atomic E-state index is -0.576. The van der Waals surface area contributed by atoms with Crippen LogP contribution in [0.4, 0.5) is 10.2 Å². The van der Waals surface area contributed by atoms with Crippen molar-refractivity contribution in [3.05, 3.63) is 58.5 Å². The van der Waals surface area contributed by atoms with Crippen molar-refractivity contribution in [2.24, 2.45) is 16.8 Å². The number of nitrogens with two attached hydrogens (primary N) is 2. The van der Waals surface area contributed by atoms with E-state index >= 15 is 0 Å². The molecular formula is C20H26FN7O. The van der Waals surface area contributed by atoms with E-state index in [-0.39, 0.29) is 29.3 Å². The van der Waals surface area contributed by atoms with E-state index in [9.17, 15) is 9.18 Å². The Bertz CT molecular complexity index is 944. The first-order chi connectivity index (χ1) is 13.8. The topological polar surface area (TPSA) is 122 Å². The zero-order valence-electron chi connectivity index (χ0n) is 16.7. The number of nitrogens with one attached hydrogen (secondary N) is 2. The molecule has 0 spiro atoms. The van der Waals surface area contributed by atoms with Gasteiger partial charge in [-0.25, -0.2) is 15.2 Å². The van der Waals surface area contributed by atoms with Crippen molar-refractivity contribution in [2.45, 2.75) is 39.3 Å². The van der Waals surface area contributed by atoms with E-state index < -0.39 is 11.7 Å². The molecule has 154 valence electrons. The molecule has 1 aliphatic rings. The van der Waals surface area contributed by atoms with Gasteiger partial charge < -0.3 is 16.5 Å². The molecule has 2 aromatic rings. The Labute approximate surface area is 169 Å². The largest absolute Gasteiger partial charge is 0.321 e. The summed E-state index contributed by atoms with van der Waals surface area (Å²) in [6.07, 6.45) is 0.731. The van der Waals surface area contributed by atoms with Crippen LogP contribution < -0.4 is 22.3 Å². The third-order valence-corrected chi connectivity index (χ3v) is 4.93. The maximum atomic E-state index is 14.6. The summed E-state index contributed by atoms with van der Waals surface area (Å²) in [6.45, 7) is 6.54. The number of hydrazine groups is 1. The number of nitrogens with zero attached hydrogens (tertiary/aromatic N) is 3. The van der Waals surface area contributed by atoms with Crippen molar-refractivity contribution < 1.29 is 9.18 Å². The van der Waals surface area contributed by atoms with Crippen molar-refractivity contribution in [3.63, 3.8) is 0 Å². The Morgan fingerprint density at radius 2 is 2.17 bits per heavy atom. The molecular weight excluding hydrogens is 373 g/mol. The molecule has 6 N–H and O–H groups in total. The summed E-state index contributed by atoms with van der Waals surface area (Å²) in [4.78, 5) is 17.1. The Kier molecular flexibility index (Phi) is 6.09. The van der Waals surface area contributed by atoms with Gasteiger partial charge in [-0.05, 0) is 69.1 Å². The Hall–Kier alpha value is -3.04. The molecule has 0 radical (unpaired) electrons. The van der Waals surface area contributed by atoms with E-state index in [0.717, 1.165) is 24.1 Å². The van der Waals surface area contributed by atoms with Gasteiger partial charge in [-0.15, -0.1) is 0 Å². The van der Waals surface area contributed by atoms with Gasteiger partial charge in [0.2, 0.25) is 0 Å². The van der Waals surface area contributed by atoms with Crippen LogP contribution in [0.1, 0.15) is 54.0 Å². The van der Waals surface area contributed by atoms with E-state index in [1.807, 2.05) is 20.8 Å². The van der Waals surface area contributed by atoms with Gasteiger partial charge in [-0.1, -0.05) is 6.07 Å². The van der Waals surface area contributed by atoms with Gasteiger partial charge in [-0.3, -0.25) is 9.80 Å². The molecule has 29 heavy (non-hydrogen) atoms. The van der Waals surface area contributed by atoms with Gasteiger partial charge in [0.15, 0.2) is 5.84 Å². The minimum absolute atomic E-state index is 0.0261. The highest BCUT2D eigenvalue weighted by atomic mass is 19.1. The second-order valence-electron chi connectivity index (χ2n) is 7.27. The molecule has 8 nitrogen and oxygen atoms in total. The lowest BCUT2D eigenvalue weighted by Crippen LogP contribution is -2.44. The van der Waals surface area contributed by atoms with E-state index in [0.29, 0.717) is 5.69 Å². The minimum Gasteiger partial charge on any atom is -0.321 e. The van der Waals surface area contributed by atoms with Crippen molar-refractivity contribution >= 4 is 17.6 Å². The number of fused-ring (bicyclic) bond motifs is 1. The van der Waals surface area contributed by atoms with Gasteiger partial charge in [0.1, 0.15) is 17.3 Å². The predicted molar refractivity (Wildman–Crippen MR) is 111 cm³/mol. The highest BCUT2D eigenvalue weighted by Gasteiger charge is 2.22. The zero-order chi connectivity index (χ0) is 21.1.